The lowest BCUT2D eigenvalue weighted by molar-refractivity contribution is -0.114. The number of aryl methyl sites for hydroxylation is 1. The molecule has 3 aromatic rings. The van der Waals surface area contributed by atoms with Crippen LogP contribution in [-0.2, 0) is 14.8 Å². The second-order valence-electron chi connectivity index (χ2n) is 6.68. The van der Waals surface area contributed by atoms with Crippen molar-refractivity contribution in [3.63, 3.8) is 0 Å². The van der Waals surface area contributed by atoms with Gasteiger partial charge in [-0.2, -0.15) is 0 Å². The van der Waals surface area contributed by atoms with Crippen molar-refractivity contribution in [2.45, 2.75) is 11.8 Å². The number of carbonyl (C=O) groups excluding carboxylic acids is 1. The molecule has 0 fully saturated rings. The van der Waals surface area contributed by atoms with Crippen LogP contribution >= 0.6 is 27.5 Å². The second kappa shape index (κ2) is 9.72. The van der Waals surface area contributed by atoms with Crippen LogP contribution in [0.15, 0.2) is 76.1 Å². The zero-order chi connectivity index (χ0) is 22.6. The molecule has 0 aliphatic rings. The number of sulfonamides is 1. The summed E-state index contributed by atoms with van der Waals surface area (Å²) in [6.45, 7) is 1.47. The van der Waals surface area contributed by atoms with Gasteiger partial charge in [0, 0.05) is 15.2 Å². The van der Waals surface area contributed by atoms with E-state index in [1.807, 2.05) is 13.0 Å². The molecule has 1 amide bonds. The summed E-state index contributed by atoms with van der Waals surface area (Å²) in [7, 11) is -2.55. The number of carbonyl (C=O) groups is 1. The highest BCUT2D eigenvalue weighted by Gasteiger charge is 2.27. The maximum atomic E-state index is 13.4. The molecule has 162 valence electrons. The monoisotopic (exact) mass is 522 g/mol. The maximum absolute atomic E-state index is 13.4. The molecule has 6 nitrogen and oxygen atoms in total. The van der Waals surface area contributed by atoms with E-state index in [2.05, 4.69) is 21.2 Å². The van der Waals surface area contributed by atoms with E-state index in [9.17, 15) is 13.2 Å². The number of hydrogen-bond donors (Lipinski definition) is 1. The third-order valence-electron chi connectivity index (χ3n) is 4.47. The smallest absolute Gasteiger partial charge is 0.264 e. The number of hydrogen-bond acceptors (Lipinski definition) is 4. The zero-order valence-electron chi connectivity index (χ0n) is 16.8. The predicted octanol–water partition coefficient (Wildman–Crippen LogP) is 5.25. The Morgan fingerprint density at radius 1 is 1.10 bits per heavy atom. The number of nitrogens with one attached hydrogen (secondary N) is 1. The topological polar surface area (TPSA) is 75.7 Å². The van der Waals surface area contributed by atoms with Crippen molar-refractivity contribution in [1.82, 2.24) is 0 Å². The van der Waals surface area contributed by atoms with E-state index in [0.717, 1.165) is 14.3 Å². The van der Waals surface area contributed by atoms with E-state index in [1.54, 1.807) is 42.5 Å². The molecule has 1 N–H and O–H groups in total. The first-order valence-corrected chi connectivity index (χ1v) is 11.8. The number of amides is 1. The normalized spacial score (nSPS) is 11.1. The van der Waals surface area contributed by atoms with E-state index in [1.165, 1.54) is 25.3 Å². The standard InChI is InChI=1S/C22H20BrClN2O4S/c1-15-12-17(6-11-21(15)23)25-22(27)14-26(18-5-3-4-16(24)13-18)31(28,29)20-9-7-19(30-2)8-10-20/h3-13H,14H2,1-2H3,(H,25,27). The molecule has 0 aromatic heterocycles. The van der Waals surface area contributed by atoms with Gasteiger partial charge in [0.05, 0.1) is 17.7 Å². The van der Waals surface area contributed by atoms with E-state index < -0.39 is 22.5 Å². The molecule has 0 aliphatic carbocycles. The van der Waals surface area contributed by atoms with Crippen LogP contribution in [0.1, 0.15) is 5.56 Å². The molecule has 31 heavy (non-hydrogen) atoms. The average molecular weight is 524 g/mol. The molecule has 3 aromatic carbocycles. The molecule has 0 heterocycles. The van der Waals surface area contributed by atoms with E-state index >= 15 is 0 Å². The van der Waals surface area contributed by atoms with Crippen LogP contribution in [0.3, 0.4) is 0 Å². The van der Waals surface area contributed by atoms with E-state index in [-0.39, 0.29) is 10.6 Å². The van der Waals surface area contributed by atoms with Crippen LogP contribution in [0.2, 0.25) is 5.02 Å². The Hall–Kier alpha value is -2.55. The highest BCUT2D eigenvalue weighted by molar-refractivity contribution is 9.10. The summed E-state index contributed by atoms with van der Waals surface area (Å²) in [6, 6.07) is 17.7. The van der Waals surface area contributed by atoms with Gasteiger partial charge in [-0.05, 0) is 73.2 Å². The van der Waals surface area contributed by atoms with Crippen molar-refractivity contribution in [2.24, 2.45) is 0 Å². The Balaban J connectivity index is 1.94. The van der Waals surface area contributed by atoms with Gasteiger partial charge in [-0.15, -0.1) is 0 Å². The Morgan fingerprint density at radius 2 is 1.81 bits per heavy atom. The number of rotatable bonds is 7. The van der Waals surface area contributed by atoms with Crippen LogP contribution in [0.5, 0.6) is 5.75 Å². The lowest BCUT2D eigenvalue weighted by Crippen LogP contribution is -2.38. The van der Waals surface area contributed by atoms with E-state index in [0.29, 0.717) is 16.5 Å². The number of benzene rings is 3. The Bertz CT molecular complexity index is 1200. The quantitative estimate of drug-likeness (QED) is 0.459. The van der Waals surface area contributed by atoms with Crippen molar-refractivity contribution in [1.29, 1.82) is 0 Å². The SMILES string of the molecule is COc1ccc(S(=O)(=O)N(CC(=O)Nc2ccc(Br)c(C)c2)c2cccc(Cl)c2)cc1. The Labute approximate surface area is 195 Å². The minimum atomic E-state index is -4.05. The minimum Gasteiger partial charge on any atom is -0.497 e. The fraction of sp³-hybridized carbons (Fsp3) is 0.136. The summed E-state index contributed by atoms with van der Waals surface area (Å²) in [5.41, 5.74) is 1.79. The number of halogens is 2. The average Bonchev–Trinajstić information content (AvgIpc) is 2.74. The highest BCUT2D eigenvalue weighted by Crippen LogP contribution is 2.27. The van der Waals surface area contributed by atoms with Gasteiger partial charge >= 0.3 is 0 Å². The van der Waals surface area contributed by atoms with Crippen LogP contribution in [0.4, 0.5) is 11.4 Å². The first-order chi connectivity index (χ1) is 14.7. The van der Waals surface area contributed by atoms with Gasteiger partial charge in [0.2, 0.25) is 5.91 Å². The molecular formula is C22H20BrClN2O4S. The lowest BCUT2D eigenvalue weighted by Gasteiger charge is -2.24. The van der Waals surface area contributed by atoms with Crippen LogP contribution in [0.25, 0.3) is 0 Å². The molecule has 0 atom stereocenters. The summed E-state index contributed by atoms with van der Waals surface area (Å²) in [5, 5.41) is 3.11. The van der Waals surface area contributed by atoms with Crippen molar-refractivity contribution < 1.29 is 17.9 Å². The zero-order valence-corrected chi connectivity index (χ0v) is 20.0. The molecule has 0 spiro atoms. The molecular weight excluding hydrogens is 504 g/mol. The molecule has 0 saturated heterocycles. The van der Waals surface area contributed by atoms with Crippen LogP contribution in [-0.4, -0.2) is 28.0 Å². The number of anilines is 2. The fourth-order valence-electron chi connectivity index (χ4n) is 2.87. The van der Waals surface area contributed by atoms with Gasteiger partial charge in [0.15, 0.2) is 0 Å². The van der Waals surface area contributed by atoms with Gasteiger partial charge in [-0.3, -0.25) is 9.10 Å². The minimum absolute atomic E-state index is 0.0283. The number of methoxy groups -OCH3 is 1. The molecule has 0 unspecified atom stereocenters. The van der Waals surface area contributed by atoms with Crippen molar-refractivity contribution in [3.8, 4) is 5.75 Å². The number of ether oxygens (including phenoxy) is 1. The molecule has 3 rings (SSSR count). The number of nitrogens with zero attached hydrogens (tertiary/aromatic N) is 1. The van der Waals surface area contributed by atoms with Crippen LogP contribution < -0.4 is 14.4 Å². The maximum Gasteiger partial charge on any atom is 0.264 e. The summed E-state index contributed by atoms with van der Waals surface area (Å²) in [4.78, 5) is 12.8. The van der Waals surface area contributed by atoms with Crippen molar-refractivity contribution in [3.05, 3.63) is 81.8 Å². The van der Waals surface area contributed by atoms with Gasteiger partial charge in [-0.25, -0.2) is 8.42 Å². The third kappa shape index (κ3) is 5.58. The van der Waals surface area contributed by atoms with Gasteiger partial charge in [-0.1, -0.05) is 33.6 Å². The lowest BCUT2D eigenvalue weighted by atomic mass is 10.2. The molecule has 0 saturated carbocycles. The van der Waals surface area contributed by atoms with Crippen molar-refractivity contribution in [2.75, 3.05) is 23.3 Å². The van der Waals surface area contributed by atoms with Crippen molar-refractivity contribution >= 4 is 54.8 Å². The van der Waals surface area contributed by atoms with Gasteiger partial charge in [0.25, 0.3) is 10.0 Å². The molecule has 0 radical (unpaired) electrons. The van der Waals surface area contributed by atoms with E-state index in [4.69, 9.17) is 16.3 Å². The molecule has 0 bridgehead atoms. The summed E-state index contributed by atoms with van der Waals surface area (Å²) >= 11 is 9.49. The third-order valence-corrected chi connectivity index (χ3v) is 7.39. The summed E-state index contributed by atoms with van der Waals surface area (Å²) < 4.78 is 33.8. The molecule has 9 heteroatoms. The largest absolute Gasteiger partial charge is 0.497 e. The summed E-state index contributed by atoms with van der Waals surface area (Å²) in [6.07, 6.45) is 0. The summed E-state index contributed by atoms with van der Waals surface area (Å²) in [5.74, 6) is 0.0374. The highest BCUT2D eigenvalue weighted by atomic mass is 79.9. The predicted molar refractivity (Wildman–Crippen MR) is 126 cm³/mol. The van der Waals surface area contributed by atoms with Gasteiger partial charge < -0.3 is 10.1 Å². The van der Waals surface area contributed by atoms with Gasteiger partial charge in [0.1, 0.15) is 12.3 Å². The Kier molecular flexibility index (Phi) is 7.25. The molecule has 0 aliphatic heterocycles. The first-order valence-electron chi connectivity index (χ1n) is 9.19. The fourth-order valence-corrected chi connectivity index (χ4v) is 4.72. The van der Waals surface area contributed by atoms with Crippen LogP contribution in [0, 0.1) is 6.92 Å². The first kappa shape index (κ1) is 23.1. The second-order valence-corrected chi connectivity index (χ2v) is 9.83. The Morgan fingerprint density at radius 3 is 2.42 bits per heavy atom.